The van der Waals surface area contributed by atoms with Gasteiger partial charge in [0.25, 0.3) is 0 Å². The van der Waals surface area contributed by atoms with E-state index in [1.54, 1.807) is 30.7 Å². The van der Waals surface area contributed by atoms with E-state index in [1.165, 1.54) is 0 Å². The van der Waals surface area contributed by atoms with E-state index in [-0.39, 0.29) is 18.1 Å². The molecule has 3 rings (SSSR count). The SMILES string of the molecule is COc1ccc(CN(Cc2ccc(C)cc2)S(=O)(=O)[C@H](C)[C@@H](O[Si](C)(C)C(C)(C)C)c2cnc(C)cn2)cc1. The van der Waals surface area contributed by atoms with Gasteiger partial charge in [-0.1, -0.05) is 62.7 Å². The van der Waals surface area contributed by atoms with Gasteiger partial charge in [-0.15, -0.1) is 0 Å². The van der Waals surface area contributed by atoms with E-state index in [9.17, 15) is 8.42 Å². The topological polar surface area (TPSA) is 81.6 Å². The fraction of sp³-hybridized carbons (Fsp3) is 0.467. The Morgan fingerprint density at radius 1 is 0.897 bits per heavy atom. The molecule has 0 fully saturated rings. The predicted octanol–water partition coefficient (Wildman–Crippen LogP) is 6.59. The van der Waals surface area contributed by atoms with Crippen molar-refractivity contribution in [1.29, 1.82) is 0 Å². The Labute approximate surface area is 235 Å². The molecule has 0 aliphatic carbocycles. The van der Waals surface area contributed by atoms with Crippen LogP contribution in [0.15, 0.2) is 60.9 Å². The quantitative estimate of drug-likeness (QED) is 0.243. The Kier molecular flexibility index (Phi) is 9.75. The molecule has 212 valence electrons. The van der Waals surface area contributed by atoms with E-state index < -0.39 is 29.7 Å². The van der Waals surface area contributed by atoms with Crippen molar-refractivity contribution in [2.45, 2.75) is 84.1 Å². The van der Waals surface area contributed by atoms with Gasteiger partial charge in [0, 0.05) is 19.3 Å². The van der Waals surface area contributed by atoms with Gasteiger partial charge in [0.15, 0.2) is 8.32 Å². The lowest BCUT2D eigenvalue weighted by molar-refractivity contribution is 0.173. The monoisotopic (exact) mass is 569 g/mol. The lowest BCUT2D eigenvalue weighted by Crippen LogP contribution is -2.47. The normalized spacial score (nSPS) is 14.3. The lowest BCUT2D eigenvalue weighted by atomic mass is 10.1. The van der Waals surface area contributed by atoms with E-state index in [0.717, 1.165) is 28.1 Å². The fourth-order valence-electron chi connectivity index (χ4n) is 3.90. The zero-order valence-electron chi connectivity index (χ0n) is 24.7. The number of methoxy groups -OCH3 is 1. The van der Waals surface area contributed by atoms with Crippen LogP contribution in [0, 0.1) is 13.8 Å². The van der Waals surface area contributed by atoms with Gasteiger partial charge in [0.1, 0.15) is 17.1 Å². The average molecular weight is 570 g/mol. The van der Waals surface area contributed by atoms with Crippen molar-refractivity contribution in [1.82, 2.24) is 14.3 Å². The standard InChI is InChI=1S/C30H43N3O4SSi/c1-22-10-12-25(13-11-22)20-33(21-26-14-16-27(36-7)17-15-26)38(34,35)24(3)29(28-19-31-23(2)18-32-28)37-39(8,9)30(4,5)6/h10-19,24,29H,20-21H2,1-9H3/t24-,29-/m1/s1. The Balaban J connectivity index is 2.05. The molecule has 0 saturated carbocycles. The van der Waals surface area contributed by atoms with Crippen molar-refractivity contribution in [2.24, 2.45) is 0 Å². The molecule has 2 aromatic carbocycles. The van der Waals surface area contributed by atoms with Gasteiger partial charge >= 0.3 is 0 Å². The highest BCUT2D eigenvalue weighted by Crippen LogP contribution is 2.41. The minimum Gasteiger partial charge on any atom is -0.497 e. The van der Waals surface area contributed by atoms with Gasteiger partial charge in [0.2, 0.25) is 10.0 Å². The second kappa shape index (κ2) is 12.3. The zero-order chi connectivity index (χ0) is 29.0. The molecule has 0 aliphatic heterocycles. The third kappa shape index (κ3) is 7.75. The average Bonchev–Trinajstić information content (AvgIpc) is 2.88. The van der Waals surface area contributed by atoms with Crippen molar-refractivity contribution < 1.29 is 17.6 Å². The molecule has 2 atom stereocenters. The summed E-state index contributed by atoms with van der Waals surface area (Å²) in [4.78, 5) is 8.99. The smallest absolute Gasteiger partial charge is 0.220 e. The first-order valence-electron chi connectivity index (χ1n) is 13.3. The second-order valence-electron chi connectivity index (χ2n) is 11.7. The molecule has 1 aromatic heterocycles. The van der Waals surface area contributed by atoms with Gasteiger partial charge in [-0.3, -0.25) is 9.97 Å². The maximum absolute atomic E-state index is 14.4. The Morgan fingerprint density at radius 3 is 1.90 bits per heavy atom. The maximum Gasteiger partial charge on any atom is 0.220 e. The van der Waals surface area contributed by atoms with Gasteiger partial charge in [0.05, 0.1) is 24.7 Å². The van der Waals surface area contributed by atoms with Crippen LogP contribution < -0.4 is 4.74 Å². The Bertz CT molecular complexity index is 1320. The van der Waals surface area contributed by atoms with Crippen LogP contribution in [0.2, 0.25) is 18.1 Å². The number of hydrogen-bond donors (Lipinski definition) is 0. The minimum absolute atomic E-state index is 0.114. The van der Waals surface area contributed by atoms with Crippen LogP contribution in [0.1, 0.15) is 61.9 Å². The van der Waals surface area contributed by atoms with Crippen molar-refractivity contribution in [3.05, 3.63) is 89.0 Å². The molecule has 0 saturated heterocycles. The maximum atomic E-state index is 14.4. The van der Waals surface area contributed by atoms with Gasteiger partial charge < -0.3 is 9.16 Å². The van der Waals surface area contributed by atoms with Crippen molar-refractivity contribution >= 4 is 18.3 Å². The molecule has 9 heteroatoms. The molecule has 0 unspecified atom stereocenters. The number of aromatic nitrogens is 2. The van der Waals surface area contributed by atoms with Crippen LogP contribution in [0.5, 0.6) is 5.75 Å². The summed E-state index contributed by atoms with van der Waals surface area (Å²) >= 11 is 0. The van der Waals surface area contributed by atoms with E-state index in [0.29, 0.717) is 5.69 Å². The predicted molar refractivity (Wildman–Crippen MR) is 160 cm³/mol. The minimum atomic E-state index is -3.87. The van der Waals surface area contributed by atoms with Crippen molar-refractivity contribution in [2.75, 3.05) is 7.11 Å². The number of sulfonamides is 1. The van der Waals surface area contributed by atoms with E-state index >= 15 is 0 Å². The number of hydrogen-bond acceptors (Lipinski definition) is 6. The summed E-state index contributed by atoms with van der Waals surface area (Å²) in [5.74, 6) is 0.723. The summed E-state index contributed by atoms with van der Waals surface area (Å²) < 4.78 is 42.5. The van der Waals surface area contributed by atoms with E-state index in [1.807, 2.05) is 62.4 Å². The molecule has 3 aromatic rings. The highest BCUT2D eigenvalue weighted by Gasteiger charge is 2.44. The van der Waals surface area contributed by atoms with Crippen LogP contribution in [0.25, 0.3) is 0 Å². The fourth-order valence-corrected chi connectivity index (χ4v) is 6.95. The number of rotatable bonds is 11. The summed E-state index contributed by atoms with van der Waals surface area (Å²) in [7, 11) is -4.63. The molecule has 7 nitrogen and oxygen atoms in total. The van der Waals surface area contributed by atoms with Gasteiger partial charge in [-0.2, -0.15) is 4.31 Å². The molecule has 0 aliphatic rings. The summed E-state index contributed by atoms with van der Waals surface area (Å²) in [5.41, 5.74) is 4.21. The third-order valence-electron chi connectivity index (χ3n) is 7.57. The first kappa shape index (κ1) is 30.9. The van der Waals surface area contributed by atoms with Gasteiger partial charge in [-0.25, -0.2) is 8.42 Å². The number of ether oxygens (including phenoxy) is 1. The molecule has 0 N–H and O–H groups in total. The summed E-state index contributed by atoms with van der Waals surface area (Å²) in [6.07, 6.45) is 2.55. The lowest BCUT2D eigenvalue weighted by Gasteiger charge is -2.41. The molecular weight excluding hydrogens is 527 g/mol. The molecule has 1 heterocycles. The molecule has 0 amide bonds. The highest BCUT2D eigenvalue weighted by atomic mass is 32.2. The third-order valence-corrected chi connectivity index (χ3v) is 14.2. The number of benzene rings is 2. The molecule has 0 bridgehead atoms. The number of nitrogens with zero attached hydrogens (tertiary/aromatic N) is 3. The highest BCUT2D eigenvalue weighted by molar-refractivity contribution is 7.89. The summed E-state index contributed by atoms with van der Waals surface area (Å²) in [6, 6.07) is 15.5. The summed E-state index contributed by atoms with van der Waals surface area (Å²) in [6.45, 7) is 16.7. The molecule has 0 spiro atoms. The summed E-state index contributed by atoms with van der Waals surface area (Å²) in [5, 5.41) is -1.01. The van der Waals surface area contributed by atoms with Crippen molar-refractivity contribution in [3.63, 3.8) is 0 Å². The van der Waals surface area contributed by atoms with Gasteiger partial charge in [-0.05, 0) is 62.2 Å². The van der Waals surface area contributed by atoms with E-state index in [2.05, 4.69) is 43.8 Å². The Morgan fingerprint density at radius 2 is 1.44 bits per heavy atom. The molecule has 39 heavy (non-hydrogen) atoms. The van der Waals surface area contributed by atoms with E-state index in [4.69, 9.17) is 9.16 Å². The van der Waals surface area contributed by atoms with Crippen LogP contribution in [-0.2, 0) is 27.5 Å². The largest absolute Gasteiger partial charge is 0.497 e. The first-order chi connectivity index (χ1) is 18.1. The molecular formula is C30H43N3O4SSi. The molecule has 0 radical (unpaired) electrons. The first-order valence-corrected chi connectivity index (χ1v) is 17.7. The second-order valence-corrected chi connectivity index (χ2v) is 18.8. The van der Waals surface area contributed by atoms with Crippen LogP contribution in [0.3, 0.4) is 0 Å². The van der Waals surface area contributed by atoms with Crippen LogP contribution in [-0.4, -0.2) is 43.4 Å². The van der Waals surface area contributed by atoms with Crippen LogP contribution in [0.4, 0.5) is 0 Å². The Hall–Kier alpha value is -2.59. The van der Waals surface area contributed by atoms with Crippen LogP contribution >= 0.6 is 0 Å². The zero-order valence-corrected chi connectivity index (χ0v) is 26.5. The number of aryl methyl sites for hydroxylation is 2. The van der Waals surface area contributed by atoms with Crippen molar-refractivity contribution in [3.8, 4) is 5.75 Å².